The van der Waals surface area contributed by atoms with Crippen molar-refractivity contribution in [3.05, 3.63) is 11.8 Å². The minimum Gasteiger partial charge on any atom is -0.298 e. The Morgan fingerprint density at radius 1 is 1.40 bits per heavy atom. The van der Waals surface area contributed by atoms with E-state index in [0.717, 1.165) is 11.2 Å². The molecule has 3 heterocycles. The van der Waals surface area contributed by atoms with Gasteiger partial charge in [-0.05, 0) is 12.1 Å². The molecule has 0 aliphatic carbocycles. The molecule has 1 aliphatic rings. The van der Waals surface area contributed by atoms with Gasteiger partial charge in [-0.25, -0.2) is 0 Å². The van der Waals surface area contributed by atoms with Gasteiger partial charge in [-0.15, -0.1) is 5.10 Å². The van der Waals surface area contributed by atoms with Crippen molar-refractivity contribution in [1.29, 1.82) is 0 Å². The van der Waals surface area contributed by atoms with Gasteiger partial charge < -0.3 is 0 Å². The van der Waals surface area contributed by atoms with E-state index in [-0.39, 0.29) is 0 Å². The fourth-order valence-electron chi connectivity index (χ4n) is 1.19. The van der Waals surface area contributed by atoms with Crippen LogP contribution >= 0.6 is 0 Å². The fourth-order valence-corrected chi connectivity index (χ4v) is 1.19. The molecule has 2 aromatic rings. The lowest BCUT2D eigenvalue weighted by Crippen LogP contribution is -1.96. The number of H-pyrrole nitrogens is 1. The van der Waals surface area contributed by atoms with Gasteiger partial charge >= 0.3 is 0 Å². The maximum Gasteiger partial charge on any atom is 0.186 e. The molecule has 4 nitrogen and oxygen atoms in total. The number of nitrogens with one attached hydrogen (secondary N) is 1. The van der Waals surface area contributed by atoms with Crippen molar-refractivity contribution in [3.63, 3.8) is 0 Å². The first kappa shape index (κ1) is 4.27. The molecule has 3 rings (SSSR count). The summed E-state index contributed by atoms with van der Waals surface area (Å²) in [5.41, 5.74) is 3.02. The van der Waals surface area contributed by atoms with Gasteiger partial charge in [0, 0.05) is 6.20 Å². The molecular weight excluding hydrogens is 128 g/mol. The highest BCUT2D eigenvalue weighted by Crippen LogP contribution is 2.23. The van der Waals surface area contributed by atoms with Crippen molar-refractivity contribution < 1.29 is 0 Å². The van der Waals surface area contributed by atoms with Crippen LogP contribution in [0.3, 0.4) is 0 Å². The third-order valence-corrected chi connectivity index (χ3v) is 1.74. The highest BCUT2D eigenvalue weighted by Gasteiger charge is 2.12. The van der Waals surface area contributed by atoms with Crippen LogP contribution in [0.1, 0.15) is 5.69 Å². The molecule has 0 amide bonds. The first-order valence-electron chi connectivity index (χ1n) is 3.05. The quantitative estimate of drug-likeness (QED) is 0.489. The molecule has 48 valence electrons. The van der Waals surface area contributed by atoms with Gasteiger partial charge in [0.15, 0.2) is 5.65 Å². The highest BCUT2D eigenvalue weighted by molar-refractivity contribution is 5.86. The first-order chi connectivity index (χ1) is 4.95. The average molecular weight is 132 g/mol. The molecule has 0 atom stereocenters. The van der Waals surface area contributed by atoms with Crippen LogP contribution in [0.4, 0.5) is 0 Å². The van der Waals surface area contributed by atoms with Gasteiger partial charge in [0.2, 0.25) is 0 Å². The van der Waals surface area contributed by atoms with E-state index < -0.39 is 0 Å². The lowest BCUT2D eigenvalue weighted by Gasteiger charge is -2.05. The largest absolute Gasteiger partial charge is 0.298 e. The molecule has 0 saturated carbocycles. The standard InChI is InChI=1S/C6H4N4/c1-2-10-4(1)3-5-6(10)8-9-7-5/h1-3H,(H,7,8,9). The normalized spacial score (nSPS) is 13.6. The Hall–Kier alpha value is -1.58. The lowest BCUT2D eigenvalue weighted by molar-refractivity contribution is 0.938. The number of aromatic nitrogens is 4. The van der Waals surface area contributed by atoms with Crippen LogP contribution in [-0.4, -0.2) is 20.0 Å². The SMILES string of the molecule is C1=Cn2c1cc1n[nH]nc12. The van der Waals surface area contributed by atoms with Crippen LogP contribution in [0.5, 0.6) is 0 Å². The summed E-state index contributed by atoms with van der Waals surface area (Å²) >= 11 is 0. The van der Waals surface area contributed by atoms with Crippen LogP contribution in [0.2, 0.25) is 0 Å². The van der Waals surface area contributed by atoms with Crippen molar-refractivity contribution >= 4 is 23.4 Å². The fraction of sp³-hybridized carbons (Fsp3) is 0. The predicted octanol–water partition coefficient (Wildman–Crippen LogP) is 0.701. The molecule has 0 bridgehead atoms. The van der Waals surface area contributed by atoms with E-state index in [1.807, 2.05) is 22.9 Å². The summed E-state index contributed by atoms with van der Waals surface area (Å²) in [5, 5.41) is 10.5. The van der Waals surface area contributed by atoms with Crippen LogP contribution in [0, 0.1) is 0 Å². The van der Waals surface area contributed by atoms with Gasteiger partial charge in [0.25, 0.3) is 0 Å². The Bertz CT molecular complexity index is 420. The number of hydrogen-bond donors (Lipinski definition) is 1. The summed E-state index contributed by atoms with van der Waals surface area (Å²) in [5.74, 6) is 0. The number of fused-ring (bicyclic) bond motifs is 3. The monoisotopic (exact) mass is 132 g/mol. The van der Waals surface area contributed by atoms with E-state index in [1.165, 1.54) is 5.69 Å². The zero-order valence-corrected chi connectivity index (χ0v) is 5.07. The number of aromatic amines is 1. The second-order valence-electron chi connectivity index (χ2n) is 2.29. The van der Waals surface area contributed by atoms with Crippen molar-refractivity contribution in [1.82, 2.24) is 20.0 Å². The number of rotatable bonds is 0. The summed E-state index contributed by atoms with van der Waals surface area (Å²) in [6.45, 7) is 0. The molecule has 0 unspecified atom stereocenters. The van der Waals surface area contributed by atoms with E-state index >= 15 is 0 Å². The van der Waals surface area contributed by atoms with E-state index in [1.54, 1.807) is 0 Å². The van der Waals surface area contributed by atoms with E-state index in [2.05, 4.69) is 15.4 Å². The van der Waals surface area contributed by atoms with E-state index in [4.69, 9.17) is 0 Å². The number of hydrogen-bond acceptors (Lipinski definition) is 2. The summed E-state index contributed by atoms with van der Waals surface area (Å²) in [7, 11) is 0. The minimum absolute atomic E-state index is 0.914. The molecule has 2 aromatic heterocycles. The Labute approximate surface area is 56.2 Å². The molecular formula is C6H4N4. The summed E-state index contributed by atoms with van der Waals surface area (Å²) < 4.78 is 2.00. The predicted molar refractivity (Wildman–Crippen MR) is 37.1 cm³/mol. The smallest absolute Gasteiger partial charge is 0.186 e. The molecule has 4 heteroatoms. The second kappa shape index (κ2) is 1.13. The van der Waals surface area contributed by atoms with Gasteiger partial charge in [0.1, 0.15) is 5.52 Å². The molecule has 0 radical (unpaired) electrons. The highest BCUT2D eigenvalue weighted by atomic mass is 15.4. The van der Waals surface area contributed by atoms with Crippen molar-refractivity contribution in [2.75, 3.05) is 0 Å². The molecule has 0 saturated heterocycles. The van der Waals surface area contributed by atoms with Crippen LogP contribution in [0.25, 0.3) is 23.4 Å². The summed E-state index contributed by atoms with van der Waals surface area (Å²) in [4.78, 5) is 0. The van der Waals surface area contributed by atoms with Gasteiger partial charge in [-0.3, -0.25) is 4.57 Å². The maximum atomic E-state index is 3.97. The van der Waals surface area contributed by atoms with Gasteiger partial charge in [0.05, 0.1) is 5.69 Å². The minimum atomic E-state index is 0.914. The Kier molecular flexibility index (Phi) is 0.484. The van der Waals surface area contributed by atoms with Gasteiger partial charge in [-0.1, -0.05) is 0 Å². The molecule has 0 spiro atoms. The molecule has 1 aliphatic heterocycles. The molecule has 0 aromatic carbocycles. The van der Waals surface area contributed by atoms with Crippen LogP contribution < -0.4 is 0 Å². The summed E-state index contributed by atoms with van der Waals surface area (Å²) in [6, 6.07) is 2.00. The van der Waals surface area contributed by atoms with E-state index in [0.29, 0.717) is 0 Å². The van der Waals surface area contributed by atoms with Crippen LogP contribution in [-0.2, 0) is 0 Å². The average Bonchev–Trinajstić information content (AvgIpc) is 2.35. The summed E-state index contributed by atoms with van der Waals surface area (Å²) in [6.07, 6.45) is 4.00. The molecule has 0 fully saturated rings. The van der Waals surface area contributed by atoms with Crippen LogP contribution in [0.15, 0.2) is 6.07 Å². The van der Waals surface area contributed by atoms with E-state index in [9.17, 15) is 0 Å². The first-order valence-corrected chi connectivity index (χ1v) is 3.05. The lowest BCUT2D eigenvalue weighted by atomic mass is 10.3. The molecule has 10 heavy (non-hydrogen) atoms. The second-order valence-corrected chi connectivity index (χ2v) is 2.29. The zero-order chi connectivity index (χ0) is 6.55. The maximum absolute atomic E-state index is 3.97. The third-order valence-electron chi connectivity index (χ3n) is 1.74. The molecule has 1 N–H and O–H groups in total. The third kappa shape index (κ3) is 0.292. The zero-order valence-electron chi connectivity index (χ0n) is 5.07. The van der Waals surface area contributed by atoms with Crippen molar-refractivity contribution in [2.45, 2.75) is 0 Å². The Morgan fingerprint density at radius 2 is 2.40 bits per heavy atom. The van der Waals surface area contributed by atoms with Crippen molar-refractivity contribution in [3.8, 4) is 0 Å². The number of nitrogens with zero attached hydrogens (tertiary/aromatic N) is 3. The topological polar surface area (TPSA) is 46.5 Å². The van der Waals surface area contributed by atoms with Crippen molar-refractivity contribution in [2.24, 2.45) is 0 Å². The van der Waals surface area contributed by atoms with Gasteiger partial charge in [-0.2, -0.15) is 10.3 Å². The Balaban J connectivity index is 2.63. The Morgan fingerprint density at radius 3 is 3.20 bits per heavy atom.